The van der Waals surface area contributed by atoms with E-state index in [0.717, 1.165) is 5.69 Å². The fourth-order valence-corrected chi connectivity index (χ4v) is 4.50. The van der Waals surface area contributed by atoms with Gasteiger partial charge in [0.05, 0.1) is 11.3 Å². The van der Waals surface area contributed by atoms with Crippen LogP contribution in [-0.2, 0) is 11.3 Å². The van der Waals surface area contributed by atoms with Crippen LogP contribution < -0.4 is 10.5 Å². The zero-order chi connectivity index (χ0) is 19.6. The maximum absolute atomic E-state index is 12.8. The van der Waals surface area contributed by atoms with Crippen molar-refractivity contribution in [3.8, 4) is 0 Å². The molecule has 1 aromatic carbocycles. The third kappa shape index (κ3) is 4.54. The van der Waals surface area contributed by atoms with E-state index in [-0.39, 0.29) is 17.2 Å². The van der Waals surface area contributed by atoms with Crippen LogP contribution in [0.1, 0.15) is 13.8 Å². The maximum atomic E-state index is 12.8. The number of carbonyl (C=O) groups excluding carboxylic acids is 1. The molecule has 0 aliphatic rings. The van der Waals surface area contributed by atoms with Crippen LogP contribution in [0.3, 0.4) is 0 Å². The summed E-state index contributed by atoms with van der Waals surface area (Å²) in [5.74, 6) is 0.396. The Balaban J connectivity index is 1.83. The first kappa shape index (κ1) is 19.9. The van der Waals surface area contributed by atoms with Crippen LogP contribution in [-0.4, -0.2) is 28.3 Å². The third-order valence-electron chi connectivity index (χ3n) is 3.97. The Hall–Kier alpha value is -1.83. The van der Waals surface area contributed by atoms with Crippen molar-refractivity contribution in [3.05, 3.63) is 51.1 Å². The van der Waals surface area contributed by atoms with Gasteiger partial charge in [-0.25, -0.2) is 4.98 Å². The minimum atomic E-state index is -0.0852. The highest BCUT2D eigenvalue weighted by molar-refractivity contribution is 7.99. The lowest BCUT2D eigenvalue weighted by atomic mass is 10.2. The summed E-state index contributed by atoms with van der Waals surface area (Å²) in [5.41, 5.74) is 1.37. The average molecular weight is 422 g/mol. The molecule has 0 aliphatic heterocycles. The summed E-state index contributed by atoms with van der Waals surface area (Å²) >= 11 is 8.70. The van der Waals surface area contributed by atoms with Crippen LogP contribution in [0.4, 0.5) is 5.69 Å². The fourth-order valence-electron chi connectivity index (χ4n) is 2.61. The zero-order valence-corrected chi connectivity index (χ0v) is 17.7. The smallest absolute Gasteiger partial charge is 0.272 e. The number of rotatable bonds is 6. The van der Waals surface area contributed by atoms with Crippen LogP contribution in [0.25, 0.3) is 10.2 Å². The first-order chi connectivity index (χ1) is 12.9. The molecule has 5 nitrogen and oxygen atoms in total. The van der Waals surface area contributed by atoms with Crippen molar-refractivity contribution in [1.82, 2.24) is 9.55 Å². The summed E-state index contributed by atoms with van der Waals surface area (Å²) in [7, 11) is 1.71. The van der Waals surface area contributed by atoms with E-state index in [4.69, 9.17) is 11.6 Å². The number of thiophene rings is 1. The van der Waals surface area contributed by atoms with Crippen molar-refractivity contribution in [2.75, 3.05) is 17.7 Å². The number of amides is 1. The summed E-state index contributed by atoms with van der Waals surface area (Å²) in [6.07, 6.45) is 0. The molecule has 1 amide bonds. The molecule has 3 aromatic rings. The van der Waals surface area contributed by atoms with Crippen molar-refractivity contribution in [1.29, 1.82) is 0 Å². The number of benzene rings is 1. The number of aromatic nitrogens is 2. The summed E-state index contributed by atoms with van der Waals surface area (Å²) in [6.45, 7) is 4.68. The van der Waals surface area contributed by atoms with Gasteiger partial charge in [0.1, 0.15) is 4.70 Å². The molecule has 0 unspecified atom stereocenters. The Labute approximate surface area is 171 Å². The van der Waals surface area contributed by atoms with Gasteiger partial charge in [0, 0.05) is 24.3 Å². The molecule has 0 N–H and O–H groups in total. The van der Waals surface area contributed by atoms with Crippen molar-refractivity contribution < 1.29 is 4.79 Å². The standard InChI is InChI=1S/C19H20ClN3O2S2/c1-12(2)10-23-18(25)17-15(7-8-26-17)21-19(23)27-11-16(24)22(3)14-6-4-5-13(20)9-14/h4-9,12H,10-11H2,1-3H3. The summed E-state index contributed by atoms with van der Waals surface area (Å²) in [5, 5.41) is 3.02. The van der Waals surface area contributed by atoms with Gasteiger partial charge in [-0.1, -0.05) is 43.3 Å². The highest BCUT2D eigenvalue weighted by atomic mass is 35.5. The number of halogens is 1. The monoisotopic (exact) mass is 421 g/mol. The Kier molecular flexibility index (Phi) is 6.24. The van der Waals surface area contributed by atoms with Gasteiger partial charge in [-0.15, -0.1) is 11.3 Å². The predicted molar refractivity (Wildman–Crippen MR) is 114 cm³/mol. The molecule has 0 spiro atoms. The molecule has 27 heavy (non-hydrogen) atoms. The van der Waals surface area contributed by atoms with E-state index in [1.165, 1.54) is 23.1 Å². The van der Waals surface area contributed by atoms with Crippen molar-refractivity contribution >= 4 is 56.5 Å². The normalized spacial score (nSPS) is 11.3. The van der Waals surface area contributed by atoms with Crippen LogP contribution in [0.5, 0.6) is 0 Å². The van der Waals surface area contributed by atoms with Gasteiger partial charge >= 0.3 is 0 Å². The van der Waals surface area contributed by atoms with Gasteiger partial charge in [0.2, 0.25) is 5.91 Å². The number of thioether (sulfide) groups is 1. The number of anilines is 1. The molecule has 0 saturated heterocycles. The zero-order valence-electron chi connectivity index (χ0n) is 15.3. The van der Waals surface area contributed by atoms with Gasteiger partial charge in [-0.05, 0) is 35.6 Å². The molecule has 0 bridgehead atoms. The number of nitrogens with zero attached hydrogens (tertiary/aromatic N) is 3. The SMILES string of the molecule is CC(C)Cn1c(SCC(=O)N(C)c2cccc(Cl)c2)nc2ccsc2c1=O. The fraction of sp³-hybridized carbons (Fsp3) is 0.316. The third-order valence-corrected chi connectivity index (χ3v) is 6.06. The molecule has 0 aliphatic carbocycles. The van der Waals surface area contributed by atoms with E-state index in [1.807, 2.05) is 17.5 Å². The van der Waals surface area contributed by atoms with Crippen LogP contribution in [0.15, 0.2) is 45.7 Å². The van der Waals surface area contributed by atoms with E-state index >= 15 is 0 Å². The lowest BCUT2D eigenvalue weighted by Crippen LogP contribution is -2.29. The molecule has 0 atom stereocenters. The number of carbonyl (C=O) groups is 1. The minimum Gasteiger partial charge on any atom is -0.315 e. The highest BCUT2D eigenvalue weighted by Gasteiger charge is 2.17. The molecular formula is C19H20ClN3O2S2. The first-order valence-electron chi connectivity index (χ1n) is 8.49. The largest absolute Gasteiger partial charge is 0.315 e. The molecule has 142 valence electrons. The van der Waals surface area contributed by atoms with E-state index in [0.29, 0.717) is 32.9 Å². The molecule has 3 rings (SSSR count). The van der Waals surface area contributed by atoms with E-state index in [9.17, 15) is 9.59 Å². The first-order valence-corrected chi connectivity index (χ1v) is 10.7. The minimum absolute atomic E-state index is 0.0400. The number of hydrogen-bond acceptors (Lipinski definition) is 5. The van der Waals surface area contributed by atoms with Gasteiger partial charge in [0.25, 0.3) is 5.56 Å². The Morgan fingerprint density at radius 3 is 2.85 bits per heavy atom. The second kappa shape index (κ2) is 8.46. The topological polar surface area (TPSA) is 55.2 Å². The summed E-state index contributed by atoms with van der Waals surface area (Å²) in [4.78, 5) is 31.6. The lowest BCUT2D eigenvalue weighted by molar-refractivity contribution is -0.115. The summed E-state index contributed by atoms with van der Waals surface area (Å²) in [6, 6.07) is 8.99. The van der Waals surface area contributed by atoms with E-state index in [1.54, 1.807) is 34.7 Å². The van der Waals surface area contributed by atoms with Crippen molar-refractivity contribution in [3.63, 3.8) is 0 Å². The molecule has 0 saturated carbocycles. The Morgan fingerprint density at radius 1 is 1.37 bits per heavy atom. The van der Waals surface area contributed by atoms with Crippen LogP contribution in [0.2, 0.25) is 5.02 Å². The summed E-state index contributed by atoms with van der Waals surface area (Å²) < 4.78 is 2.34. The molecule has 2 aromatic heterocycles. The molecule has 8 heteroatoms. The van der Waals surface area contributed by atoms with Crippen molar-refractivity contribution in [2.45, 2.75) is 25.5 Å². The lowest BCUT2D eigenvalue weighted by Gasteiger charge is -2.18. The van der Waals surface area contributed by atoms with Gasteiger partial charge < -0.3 is 4.90 Å². The van der Waals surface area contributed by atoms with E-state index in [2.05, 4.69) is 18.8 Å². The van der Waals surface area contributed by atoms with Crippen LogP contribution in [0, 0.1) is 5.92 Å². The molecular weight excluding hydrogens is 402 g/mol. The molecule has 2 heterocycles. The van der Waals surface area contributed by atoms with Gasteiger partial charge in [0.15, 0.2) is 5.16 Å². The molecule has 0 fully saturated rings. The van der Waals surface area contributed by atoms with E-state index < -0.39 is 0 Å². The van der Waals surface area contributed by atoms with Gasteiger partial charge in [-0.2, -0.15) is 0 Å². The number of hydrogen-bond donors (Lipinski definition) is 0. The van der Waals surface area contributed by atoms with Gasteiger partial charge in [-0.3, -0.25) is 14.2 Å². The Morgan fingerprint density at radius 2 is 2.15 bits per heavy atom. The second-order valence-corrected chi connectivity index (χ2v) is 8.86. The van der Waals surface area contributed by atoms with Crippen molar-refractivity contribution in [2.24, 2.45) is 5.92 Å². The maximum Gasteiger partial charge on any atom is 0.272 e. The number of fused-ring (bicyclic) bond motifs is 1. The second-order valence-electron chi connectivity index (χ2n) is 6.56. The van der Waals surface area contributed by atoms with Crippen LogP contribution >= 0.6 is 34.7 Å². The average Bonchev–Trinajstić information content (AvgIpc) is 3.10. The Bertz CT molecular complexity index is 1030. The molecule has 0 radical (unpaired) electrons. The highest BCUT2D eigenvalue weighted by Crippen LogP contribution is 2.23. The predicted octanol–water partition coefficient (Wildman–Crippen LogP) is 4.52. The quantitative estimate of drug-likeness (QED) is 0.433.